The average molecular weight is 290 g/mol. The molecule has 3 N–H and O–H groups in total. The largest absolute Gasteiger partial charge is 0.334 e. The molecule has 1 aromatic rings. The minimum atomic E-state index is -0.452. The van der Waals surface area contributed by atoms with Gasteiger partial charge < -0.3 is 10.6 Å². The highest BCUT2D eigenvalue weighted by Crippen LogP contribution is 2.01. The second-order valence-electron chi connectivity index (χ2n) is 5.24. The standard InChI is InChI=1S/C15H22N4O2/c1-12-9-16-7-8-19(12)11-14(20)18-15(21)17-10-13-5-3-2-4-6-13/h2-6,12,16H,7-11H2,1H3,(H2,17,18,20,21)/t12-/m0/s1. The van der Waals surface area contributed by atoms with Crippen molar-refractivity contribution in [3.8, 4) is 0 Å². The normalized spacial score (nSPS) is 19.0. The van der Waals surface area contributed by atoms with E-state index in [4.69, 9.17) is 0 Å². The summed E-state index contributed by atoms with van der Waals surface area (Å²) < 4.78 is 0. The fourth-order valence-corrected chi connectivity index (χ4v) is 2.29. The summed E-state index contributed by atoms with van der Waals surface area (Å²) in [5, 5.41) is 8.31. The molecule has 1 aromatic carbocycles. The molecule has 1 aliphatic rings. The van der Waals surface area contributed by atoms with E-state index >= 15 is 0 Å². The van der Waals surface area contributed by atoms with Crippen molar-refractivity contribution in [2.24, 2.45) is 0 Å². The van der Waals surface area contributed by atoms with Crippen molar-refractivity contribution in [2.75, 3.05) is 26.2 Å². The summed E-state index contributed by atoms with van der Waals surface area (Å²) in [5.41, 5.74) is 0.996. The Morgan fingerprint density at radius 2 is 2.10 bits per heavy atom. The smallest absolute Gasteiger partial charge is 0.321 e. The number of urea groups is 1. The number of carbonyl (C=O) groups is 2. The van der Waals surface area contributed by atoms with Gasteiger partial charge in [-0.1, -0.05) is 30.3 Å². The van der Waals surface area contributed by atoms with E-state index in [9.17, 15) is 9.59 Å². The summed E-state index contributed by atoms with van der Waals surface area (Å²) in [4.78, 5) is 25.6. The zero-order chi connectivity index (χ0) is 15.1. The Morgan fingerprint density at radius 1 is 1.33 bits per heavy atom. The minimum Gasteiger partial charge on any atom is -0.334 e. The molecular formula is C15H22N4O2. The Hall–Kier alpha value is -1.92. The van der Waals surface area contributed by atoms with E-state index < -0.39 is 6.03 Å². The van der Waals surface area contributed by atoms with Crippen LogP contribution >= 0.6 is 0 Å². The second kappa shape index (κ2) is 7.75. The number of hydrogen-bond acceptors (Lipinski definition) is 4. The SMILES string of the molecule is C[C@H]1CNCCN1CC(=O)NC(=O)NCc1ccccc1. The van der Waals surface area contributed by atoms with Crippen LogP contribution in [-0.4, -0.2) is 49.1 Å². The van der Waals surface area contributed by atoms with Crippen molar-refractivity contribution in [3.63, 3.8) is 0 Å². The Kier molecular flexibility index (Phi) is 5.71. The van der Waals surface area contributed by atoms with Crippen LogP contribution in [0.15, 0.2) is 30.3 Å². The van der Waals surface area contributed by atoms with Crippen molar-refractivity contribution in [1.29, 1.82) is 0 Å². The summed E-state index contributed by atoms with van der Waals surface area (Å²) in [6.45, 7) is 5.28. The molecule has 0 radical (unpaired) electrons. The Labute approximate surface area is 124 Å². The van der Waals surface area contributed by atoms with Crippen molar-refractivity contribution in [2.45, 2.75) is 19.5 Å². The molecule has 0 aliphatic carbocycles. The molecule has 1 aliphatic heterocycles. The van der Waals surface area contributed by atoms with Gasteiger partial charge in [0.15, 0.2) is 0 Å². The van der Waals surface area contributed by atoms with Crippen LogP contribution in [0.5, 0.6) is 0 Å². The first kappa shape index (κ1) is 15.5. The lowest BCUT2D eigenvalue weighted by Crippen LogP contribution is -2.53. The highest BCUT2D eigenvalue weighted by Gasteiger charge is 2.20. The zero-order valence-electron chi connectivity index (χ0n) is 12.3. The topological polar surface area (TPSA) is 73.5 Å². The molecule has 0 bridgehead atoms. The van der Waals surface area contributed by atoms with E-state index in [0.29, 0.717) is 12.6 Å². The van der Waals surface area contributed by atoms with Crippen LogP contribution in [0.3, 0.4) is 0 Å². The van der Waals surface area contributed by atoms with Crippen molar-refractivity contribution in [3.05, 3.63) is 35.9 Å². The Balaban J connectivity index is 1.70. The predicted molar refractivity (Wildman–Crippen MR) is 80.7 cm³/mol. The highest BCUT2D eigenvalue weighted by molar-refractivity contribution is 5.95. The molecule has 0 saturated carbocycles. The van der Waals surface area contributed by atoms with Crippen molar-refractivity contribution in [1.82, 2.24) is 20.9 Å². The lowest BCUT2D eigenvalue weighted by atomic mass is 10.2. The number of imide groups is 1. The van der Waals surface area contributed by atoms with Crippen molar-refractivity contribution >= 4 is 11.9 Å². The first-order valence-corrected chi connectivity index (χ1v) is 7.21. The fraction of sp³-hybridized carbons (Fsp3) is 0.467. The van der Waals surface area contributed by atoms with Gasteiger partial charge in [-0.15, -0.1) is 0 Å². The maximum absolute atomic E-state index is 11.8. The highest BCUT2D eigenvalue weighted by atomic mass is 16.2. The number of nitrogens with one attached hydrogen (secondary N) is 3. The van der Waals surface area contributed by atoms with Gasteiger partial charge in [-0.2, -0.15) is 0 Å². The number of hydrogen-bond donors (Lipinski definition) is 3. The van der Waals surface area contributed by atoms with Crippen LogP contribution in [0, 0.1) is 0 Å². The molecule has 0 spiro atoms. The molecule has 6 heteroatoms. The van der Waals surface area contributed by atoms with Gasteiger partial charge in [0.05, 0.1) is 6.54 Å². The third-order valence-electron chi connectivity index (χ3n) is 3.53. The molecule has 114 valence electrons. The Morgan fingerprint density at radius 3 is 2.81 bits per heavy atom. The summed E-state index contributed by atoms with van der Waals surface area (Å²) in [6.07, 6.45) is 0. The monoisotopic (exact) mass is 290 g/mol. The summed E-state index contributed by atoms with van der Waals surface area (Å²) in [7, 11) is 0. The van der Waals surface area contributed by atoms with E-state index in [1.165, 1.54) is 0 Å². The maximum Gasteiger partial charge on any atom is 0.321 e. The zero-order valence-corrected chi connectivity index (χ0v) is 12.3. The van der Waals surface area contributed by atoms with E-state index in [1.807, 2.05) is 30.3 Å². The number of piperazine rings is 1. The van der Waals surface area contributed by atoms with Gasteiger partial charge in [-0.05, 0) is 12.5 Å². The first-order valence-electron chi connectivity index (χ1n) is 7.21. The number of benzene rings is 1. The van der Waals surface area contributed by atoms with Crippen LogP contribution in [0.4, 0.5) is 4.79 Å². The number of carbonyl (C=O) groups excluding carboxylic acids is 2. The van der Waals surface area contributed by atoms with E-state index in [-0.39, 0.29) is 12.5 Å². The van der Waals surface area contributed by atoms with E-state index in [1.54, 1.807) is 0 Å². The van der Waals surface area contributed by atoms with Crippen molar-refractivity contribution < 1.29 is 9.59 Å². The Bertz CT molecular complexity index is 478. The molecule has 2 rings (SSSR count). The van der Waals surface area contributed by atoms with Gasteiger partial charge in [-0.25, -0.2) is 4.79 Å². The molecule has 0 unspecified atom stereocenters. The van der Waals surface area contributed by atoms with Crippen LogP contribution in [-0.2, 0) is 11.3 Å². The second-order valence-corrected chi connectivity index (χ2v) is 5.24. The first-order chi connectivity index (χ1) is 10.1. The van der Waals surface area contributed by atoms with Gasteiger partial charge in [0.2, 0.25) is 5.91 Å². The maximum atomic E-state index is 11.8. The predicted octanol–water partition coefficient (Wildman–Crippen LogP) is 0.306. The molecule has 1 heterocycles. The van der Waals surface area contributed by atoms with Crippen LogP contribution < -0.4 is 16.0 Å². The van der Waals surface area contributed by atoms with E-state index in [2.05, 4.69) is 27.8 Å². The van der Waals surface area contributed by atoms with E-state index in [0.717, 1.165) is 25.2 Å². The summed E-state index contributed by atoms with van der Waals surface area (Å²) >= 11 is 0. The molecule has 1 atom stereocenters. The molecule has 0 aromatic heterocycles. The molecule has 1 saturated heterocycles. The number of amides is 3. The lowest BCUT2D eigenvalue weighted by molar-refractivity contribution is -0.121. The summed E-state index contributed by atoms with van der Waals surface area (Å²) in [6, 6.07) is 9.43. The molecular weight excluding hydrogens is 268 g/mol. The number of nitrogens with zero attached hydrogens (tertiary/aromatic N) is 1. The summed E-state index contributed by atoms with van der Waals surface area (Å²) in [5.74, 6) is -0.269. The van der Waals surface area contributed by atoms with Gasteiger partial charge in [0, 0.05) is 32.2 Å². The van der Waals surface area contributed by atoms with Gasteiger partial charge in [0.1, 0.15) is 0 Å². The van der Waals surface area contributed by atoms with Gasteiger partial charge >= 0.3 is 6.03 Å². The average Bonchev–Trinajstić information content (AvgIpc) is 2.48. The molecule has 3 amide bonds. The molecule has 1 fully saturated rings. The van der Waals surface area contributed by atoms with Crippen LogP contribution in [0.25, 0.3) is 0 Å². The van der Waals surface area contributed by atoms with Crippen LogP contribution in [0.2, 0.25) is 0 Å². The number of rotatable bonds is 4. The third-order valence-corrected chi connectivity index (χ3v) is 3.53. The third kappa shape index (κ3) is 5.17. The van der Waals surface area contributed by atoms with Crippen LogP contribution in [0.1, 0.15) is 12.5 Å². The molecule has 21 heavy (non-hydrogen) atoms. The minimum absolute atomic E-state index is 0.252. The quantitative estimate of drug-likeness (QED) is 0.746. The lowest BCUT2D eigenvalue weighted by Gasteiger charge is -2.33. The molecule has 6 nitrogen and oxygen atoms in total. The fourth-order valence-electron chi connectivity index (χ4n) is 2.29. The van der Waals surface area contributed by atoms with Gasteiger partial charge in [0.25, 0.3) is 0 Å². The van der Waals surface area contributed by atoms with Gasteiger partial charge in [-0.3, -0.25) is 15.0 Å².